The Morgan fingerprint density at radius 3 is 2.86 bits per heavy atom. The number of rotatable bonds is 7. The summed E-state index contributed by atoms with van der Waals surface area (Å²) in [6, 6.07) is 0.269. The van der Waals surface area contributed by atoms with E-state index in [1.54, 1.807) is 6.08 Å². The molecule has 14 heavy (non-hydrogen) atoms. The molecule has 0 aromatic rings. The third kappa shape index (κ3) is 8.08. The van der Waals surface area contributed by atoms with E-state index in [0.29, 0.717) is 19.5 Å². The van der Waals surface area contributed by atoms with Gasteiger partial charge >= 0.3 is 0 Å². The van der Waals surface area contributed by atoms with Gasteiger partial charge in [0.1, 0.15) is 0 Å². The minimum Gasteiger partial charge on any atom is -0.354 e. The molecule has 0 spiro atoms. The highest BCUT2D eigenvalue weighted by Gasteiger charge is 2.03. The molecule has 0 bridgehead atoms. The van der Waals surface area contributed by atoms with Gasteiger partial charge in [0.15, 0.2) is 0 Å². The van der Waals surface area contributed by atoms with Crippen LogP contribution in [0, 0.1) is 0 Å². The van der Waals surface area contributed by atoms with Crippen LogP contribution in [0.15, 0.2) is 11.6 Å². The Hall–Kier alpha value is -0.540. The summed E-state index contributed by atoms with van der Waals surface area (Å²) in [7, 11) is 0. The molecular weight excluding hydrogens is 200 g/mol. The second kappa shape index (κ2) is 9.03. The molecule has 0 aliphatic rings. The summed E-state index contributed by atoms with van der Waals surface area (Å²) in [6.07, 6.45) is 3.28. The third-order valence-corrected chi connectivity index (χ3v) is 2.08. The van der Waals surface area contributed by atoms with Crippen molar-refractivity contribution in [1.29, 1.82) is 0 Å². The summed E-state index contributed by atoms with van der Waals surface area (Å²) >= 11 is 5.33. The molecular formula is C10H19ClN2O. The first-order valence-electron chi connectivity index (χ1n) is 4.96. The Bertz CT molecular complexity index is 183. The minimum atomic E-state index is 0.0988. The Morgan fingerprint density at radius 2 is 2.29 bits per heavy atom. The SMILES string of the molecule is CCC(C)NC(=O)CCNC/C=C/Cl. The lowest BCUT2D eigenvalue weighted by Crippen LogP contribution is -2.34. The van der Waals surface area contributed by atoms with Crippen LogP contribution in [-0.4, -0.2) is 25.0 Å². The standard InChI is InChI=1S/C10H19ClN2O/c1-3-9(2)13-10(14)5-8-12-7-4-6-11/h4,6,9,12H,3,5,7-8H2,1-2H3,(H,13,14)/b6-4+. The van der Waals surface area contributed by atoms with Crippen LogP contribution < -0.4 is 10.6 Å². The predicted molar refractivity (Wildman–Crippen MR) is 60.4 cm³/mol. The van der Waals surface area contributed by atoms with E-state index < -0.39 is 0 Å². The van der Waals surface area contributed by atoms with Crippen LogP contribution in [0.3, 0.4) is 0 Å². The van der Waals surface area contributed by atoms with Gasteiger partial charge in [0, 0.05) is 31.1 Å². The molecule has 0 fully saturated rings. The monoisotopic (exact) mass is 218 g/mol. The molecule has 82 valence electrons. The predicted octanol–water partition coefficient (Wildman–Crippen LogP) is 1.63. The van der Waals surface area contributed by atoms with Gasteiger partial charge in [0.2, 0.25) is 5.91 Å². The summed E-state index contributed by atoms with van der Waals surface area (Å²) in [5.41, 5.74) is 1.46. The van der Waals surface area contributed by atoms with Gasteiger partial charge in [-0.3, -0.25) is 4.79 Å². The zero-order valence-corrected chi connectivity index (χ0v) is 9.60. The average Bonchev–Trinajstić information content (AvgIpc) is 2.17. The maximum absolute atomic E-state index is 11.2. The summed E-state index contributed by atoms with van der Waals surface area (Å²) in [5.74, 6) is 0.0988. The zero-order chi connectivity index (χ0) is 10.8. The van der Waals surface area contributed by atoms with Crippen molar-refractivity contribution in [3.8, 4) is 0 Å². The molecule has 0 aromatic heterocycles. The minimum absolute atomic E-state index is 0.0988. The molecule has 0 heterocycles. The van der Waals surface area contributed by atoms with E-state index in [4.69, 9.17) is 11.6 Å². The smallest absolute Gasteiger partial charge is 0.221 e. The Balaban J connectivity index is 3.35. The summed E-state index contributed by atoms with van der Waals surface area (Å²) in [4.78, 5) is 11.2. The quantitative estimate of drug-likeness (QED) is 0.638. The second-order valence-electron chi connectivity index (χ2n) is 3.19. The van der Waals surface area contributed by atoms with Gasteiger partial charge in [-0.2, -0.15) is 0 Å². The van der Waals surface area contributed by atoms with E-state index in [9.17, 15) is 4.79 Å². The molecule has 1 atom stereocenters. The van der Waals surface area contributed by atoms with Crippen LogP contribution in [0.4, 0.5) is 0 Å². The summed E-state index contributed by atoms with van der Waals surface area (Å²) < 4.78 is 0. The molecule has 4 heteroatoms. The van der Waals surface area contributed by atoms with Gasteiger partial charge in [-0.25, -0.2) is 0 Å². The van der Waals surface area contributed by atoms with Crippen molar-refractivity contribution in [1.82, 2.24) is 10.6 Å². The van der Waals surface area contributed by atoms with Crippen molar-refractivity contribution >= 4 is 17.5 Å². The first kappa shape index (κ1) is 13.5. The number of hydrogen-bond acceptors (Lipinski definition) is 2. The number of halogens is 1. The van der Waals surface area contributed by atoms with Crippen molar-refractivity contribution in [3.63, 3.8) is 0 Å². The van der Waals surface area contributed by atoms with Gasteiger partial charge < -0.3 is 10.6 Å². The molecule has 0 aromatic carbocycles. The van der Waals surface area contributed by atoms with E-state index in [2.05, 4.69) is 17.6 Å². The third-order valence-electron chi connectivity index (χ3n) is 1.90. The van der Waals surface area contributed by atoms with Gasteiger partial charge in [-0.15, -0.1) is 0 Å². The van der Waals surface area contributed by atoms with E-state index in [1.807, 2.05) is 6.92 Å². The Morgan fingerprint density at radius 1 is 1.57 bits per heavy atom. The molecule has 0 saturated carbocycles. The van der Waals surface area contributed by atoms with Crippen molar-refractivity contribution in [2.24, 2.45) is 0 Å². The van der Waals surface area contributed by atoms with E-state index in [1.165, 1.54) is 5.54 Å². The van der Waals surface area contributed by atoms with E-state index in [0.717, 1.165) is 6.42 Å². The van der Waals surface area contributed by atoms with Gasteiger partial charge in [0.25, 0.3) is 0 Å². The Kier molecular flexibility index (Phi) is 8.68. The molecule has 0 saturated heterocycles. The molecule has 1 unspecified atom stereocenters. The van der Waals surface area contributed by atoms with Crippen LogP contribution in [0.2, 0.25) is 0 Å². The largest absolute Gasteiger partial charge is 0.354 e. The fraction of sp³-hybridized carbons (Fsp3) is 0.700. The van der Waals surface area contributed by atoms with E-state index >= 15 is 0 Å². The van der Waals surface area contributed by atoms with Gasteiger partial charge in [0.05, 0.1) is 0 Å². The highest BCUT2D eigenvalue weighted by molar-refractivity contribution is 6.25. The molecule has 3 nitrogen and oxygen atoms in total. The molecule has 0 aliphatic carbocycles. The highest BCUT2D eigenvalue weighted by atomic mass is 35.5. The first-order chi connectivity index (χ1) is 6.70. The highest BCUT2D eigenvalue weighted by Crippen LogP contribution is 1.88. The van der Waals surface area contributed by atoms with Crippen molar-refractivity contribution in [3.05, 3.63) is 11.6 Å². The first-order valence-corrected chi connectivity index (χ1v) is 5.39. The lowest BCUT2D eigenvalue weighted by molar-refractivity contribution is -0.121. The van der Waals surface area contributed by atoms with Crippen LogP contribution >= 0.6 is 11.6 Å². The molecule has 1 amide bonds. The number of amides is 1. The number of hydrogen-bond donors (Lipinski definition) is 2. The lowest BCUT2D eigenvalue weighted by atomic mass is 10.2. The van der Waals surface area contributed by atoms with Crippen molar-refractivity contribution in [2.45, 2.75) is 32.7 Å². The Labute approximate surface area is 90.9 Å². The van der Waals surface area contributed by atoms with Gasteiger partial charge in [-0.05, 0) is 13.3 Å². The number of carbonyl (C=O) groups is 1. The average molecular weight is 219 g/mol. The second-order valence-corrected chi connectivity index (χ2v) is 3.44. The van der Waals surface area contributed by atoms with Crippen LogP contribution in [0.5, 0.6) is 0 Å². The van der Waals surface area contributed by atoms with Crippen molar-refractivity contribution in [2.75, 3.05) is 13.1 Å². The fourth-order valence-corrected chi connectivity index (χ4v) is 0.970. The topological polar surface area (TPSA) is 41.1 Å². The maximum atomic E-state index is 11.2. The molecule has 0 aliphatic heterocycles. The zero-order valence-electron chi connectivity index (χ0n) is 8.85. The number of nitrogens with one attached hydrogen (secondary N) is 2. The summed E-state index contributed by atoms with van der Waals surface area (Å²) in [6.45, 7) is 5.44. The van der Waals surface area contributed by atoms with Gasteiger partial charge in [-0.1, -0.05) is 24.6 Å². The fourth-order valence-electron chi connectivity index (χ4n) is 0.881. The molecule has 0 rings (SSSR count). The van der Waals surface area contributed by atoms with Crippen LogP contribution in [0.25, 0.3) is 0 Å². The molecule has 0 radical (unpaired) electrons. The van der Waals surface area contributed by atoms with Crippen molar-refractivity contribution < 1.29 is 4.79 Å². The van der Waals surface area contributed by atoms with Crippen LogP contribution in [-0.2, 0) is 4.79 Å². The van der Waals surface area contributed by atoms with Crippen LogP contribution in [0.1, 0.15) is 26.7 Å². The molecule has 2 N–H and O–H groups in total. The number of carbonyl (C=O) groups excluding carboxylic acids is 1. The lowest BCUT2D eigenvalue weighted by Gasteiger charge is -2.10. The normalized spacial score (nSPS) is 13.1. The maximum Gasteiger partial charge on any atom is 0.221 e. The van der Waals surface area contributed by atoms with E-state index in [-0.39, 0.29) is 11.9 Å². The summed E-state index contributed by atoms with van der Waals surface area (Å²) in [5, 5.41) is 5.97.